The minimum atomic E-state index is 0.808. The molecule has 0 saturated carbocycles. The molecular formula is C22H39NO2. The second-order valence-corrected chi connectivity index (χ2v) is 6.75. The topological polar surface area (TPSA) is 30.5 Å². The van der Waals surface area contributed by atoms with Gasteiger partial charge in [0.25, 0.3) is 0 Å². The van der Waals surface area contributed by atoms with Gasteiger partial charge in [-0.2, -0.15) is 0 Å². The van der Waals surface area contributed by atoms with Crippen LogP contribution in [0.4, 0.5) is 0 Å². The number of methoxy groups -OCH3 is 1. The van der Waals surface area contributed by atoms with Crippen molar-refractivity contribution in [2.45, 2.75) is 71.1 Å². The van der Waals surface area contributed by atoms with E-state index in [2.05, 4.69) is 24.4 Å². The number of hydrogen-bond acceptors (Lipinski definition) is 3. The summed E-state index contributed by atoms with van der Waals surface area (Å²) in [5.41, 5.74) is 1.26. The van der Waals surface area contributed by atoms with Crippen molar-refractivity contribution >= 4 is 0 Å². The summed E-state index contributed by atoms with van der Waals surface area (Å²) in [7, 11) is 1.73. The highest BCUT2D eigenvalue weighted by Gasteiger charge is 2.00. The molecule has 0 bridgehead atoms. The lowest BCUT2D eigenvalue weighted by Gasteiger charge is -2.09. The monoisotopic (exact) mass is 349 g/mol. The summed E-state index contributed by atoms with van der Waals surface area (Å²) in [6, 6.07) is 8.21. The van der Waals surface area contributed by atoms with Crippen LogP contribution in [0, 0.1) is 0 Å². The lowest BCUT2D eigenvalue weighted by Crippen LogP contribution is -2.22. The highest BCUT2D eigenvalue weighted by molar-refractivity contribution is 5.33. The molecule has 1 rings (SSSR count). The minimum Gasteiger partial charge on any atom is -0.496 e. The second kappa shape index (κ2) is 16.4. The fraction of sp³-hybridized carbons (Fsp3) is 0.727. The maximum Gasteiger partial charge on any atom is 0.122 e. The van der Waals surface area contributed by atoms with Crippen LogP contribution in [0.2, 0.25) is 0 Å². The molecule has 0 aromatic heterocycles. The Labute approximate surface area is 155 Å². The number of rotatable bonds is 17. The molecule has 1 aromatic rings. The number of para-hydroxylation sites is 1. The Balaban J connectivity index is 1.82. The molecule has 0 radical (unpaired) electrons. The molecule has 0 spiro atoms. The third-order valence-electron chi connectivity index (χ3n) is 4.58. The molecule has 0 aliphatic heterocycles. The molecule has 0 atom stereocenters. The van der Waals surface area contributed by atoms with Gasteiger partial charge < -0.3 is 14.8 Å². The number of unbranched alkanes of at least 4 members (excludes halogenated alkanes) is 8. The van der Waals surface area contributed by atoms with Gasteiger partial charge in [-0.25, -0.2) is 0 Å². The van der Waals surface area contributed by atoms with Crippen LogP contribution in [0.3, 0.4) is 0 Å². The van der Waals surface area contributed by atoms with Gasteiger partial charge in [-0.1, -0.05) is 76.5 Å². The van der Waals surface area contributed by atoms with E-state index in [1.165, 1.54) is 63.4 Å². The van der Waals surface area contributed by atoms with Crippen molar-refractivity contribution in [2.75, 3.05) is 33.4 Å². The number of hydrogen-bond donors (Lipinski definition) is 1. The van der Waals surface area contributed by atoms with E-state index in [0.717, 1.165) is 38.5 Å². The van der Waals surface area contributed by atoms with Crippen molar-refractivity contribution in [2.24, 2.45) is 0 Å². The van der Waals surface area contributed by atoms with E-state index in [9.17, 15) is 0 Å². The molecule has 1 aromatic carbocycles. The molecule has 0 aliphatic carbocycles. The Morgan fingerprint density at radius 2 is 1.48 bits per heavy atom. The van der Waals surface area contributed by atoms with E-state index in [-0.39, 0.29) is 0 Å². The van der Waals surface area contributed by atoms with Gasteiger partial charge in [-0.05, 0) is 31.0 Å². The first-order valence-corrected chi connectivity index (χ1v) is 10.3. The summed E-state index contributed by atoms with van der Waals surface area (Å²) < 4.78 is 11.1. The zero-order valence-corrected chi connectivity index (χ0v) is 16.5. The zero-order chi connectivity index (χ0) is 18.0. The van der Waals surface area contributed by atoms with Crippen LogP contribution in [0.5, 0.6) is 5.75 Å². The van der Waals surface area contributed by atoms with Crippen molar-refractivity contribution in [1.82, 2.24) is 5.32 Å². The number of ether oxygens (including phenoxy) is 2. The first kappa shape index (κ1) is 22.0. The maximum absolute atomic E-state index is 5.70. The van der Waals surface area contributed by atoms with E-state index >= 15 is 0 Å². The van der Waals surface area contributed by atoms with Crippen molar-refractivity contribution < 1.29 is 9.47 Å². The second-order valence-electron chi connectivity index (χ2n) is 6.75. The highest BCUT2D eigenvalue weighted by atomic mass is 16.5. The van der Waals surface area contributed by atoms with E-state index in [4.69, 9.17) is 9.47 Å². The Hall–Kier alpha value is -1.06. The van der Waals surface area contributed by atoms with Crippen molar-refractivity contribution in [3.63, 3.8) is 0 Å². The van der Waals surface area contributed by atoms with Crippen LogP contribution in [-0.2, 0) is 11.2 Å². The van der Waals surface area contributed by atoms with Crippen LogP contribution >= 0.6 is 0 Å². The summed E-state index contributed by atoms with van der Waals surface area (Å²) in [6.45, 7) is 5.87. The molecule has 144 valence electrons. The average molecular weight is 350 g/mol. The van der Waals surface area contributed by atoms with Gasteiger partial charge >= 0.3 is 0 Å². The Bertz CT molecular complexity index is 409. The zero-order valence-electron chi connectivity index (χ0n) is 16.5. The minimum absolute atomic E-state index is 0.808. The van der Waals surface area contributed by atoms with Gasteiger partial charge in [0.15, 0.2) is 0 Å². The summed E-state index contributed by atoms with van der Waals surface area (Å²) in [4.78, 5) is 0. The Morgan fingerprint density at radius 3 is 2.20 bits per heavy atom. The van der Waals surface area contributed by atoms with E-state index in [1.54, 1.807) is 7.11 Å². The van der Waals surface area contributed by atoms with Gasteiger partial charge in [0.2, 0.25) is 0 Å². The predicted molar refractivity (Wildman–Crippen MR) is 108 cm³/mol. The first-order valence-electron chi connectivity index (χ1n) is 10.3. The Kier molecular flexibility index (Phi) is 14.4. The summed E-state index contributed by atoms with van der Waals surface area (Å²) in [6.07, 6.45) is 13.3. The van der Waals surface area contributed by atoms with Gasteiger partial charge in [0, 0.05) is 13.2 Å². The third kappa shape index (κ3) is 12.0. The molecule has 3 heteroatoms. The molecule has 0 aliphatic rings. The van der Waals surface area contributed by atoms with Crippen molar-refractivity contribution in [3.8, 4) is 5.75 Å². The van der Waals surface area contributed by atoms with Crippen molar-refractivity contribution in [1.29, 1.82) is 0 Å². The molecule has 0 heterocycles. The van der Waals surface area contributed by atoms with Gasteiger partial charge in [0.1, 0.15) is 5.75 Å². The molecule has 0 saturated heterocycles. The maximum atomic E-state index is 5.70. The quantitative estimate of drug-likeness (QED) is 0.383. The van der Waals surface area contributed by atoms with E-state index in [0.29, 0.717) is 0 Å². The predicted octanol–water partition coefficient (Wildman–Crippen LogP) is 5.37. The van der Waals surface area contributed by atoms with Gasteiger partial charge in [-0.3, -0.25) is 0 Å². The standard InChI is InChI=1S/C22H39NO2/c1-3-4-5-6-7-8-9-10-13-19-25-20-18-23-17-16-21-14-11-12-15-22(21)24-2/h11-12,14-15,23H,3-10,13,16-20H2,1-2H3. The molecule has 3 nitrogen and oxygen atoms in total. The Morgan fingerprint density at radius 1 is 0.800 bits per heavy atom. The van der Waals surface area contributed by atoms with Crippen LogP contribution < -0.4 is 10.1 Å². The van der Waals surface area contributed by atoms with Crippen molar-refractivity contribution in [3.05, 3.63) is 29.8 Å². The average Bonchev–Trinajstić information content (AvgIpc) is 2.65. The third-order valence-corrected chi connectivity index (χ3v) is 4.58. The largest absolute Gasteiger partial charge is 0.496 e. The lowest BCUT2D eigenvalue weighted by molar-refractivity contribution is 0.131. The normalized spacial score (nSPS) is 11.0. The van der Waals surface area contributed by atoms with E-state index < -0.39 is 0 Å². The number of nitrogens with one attached hydrogen (secondary N) is 1. The molecule has 1 N–H and O–H groups in total. The van der Waals surface area contributed by atoms with Crippen LogP contribution in [0.15, 0.2) is 24.3 Å². The van der Waals surface area contributed by atoms with E-state index in [1.807, 2.05) is 12.1 Å². The smallest absolute Gasteiger partial charge is 0.122 e. The highest BCUT2D eigenvalue weighted by Crippen LogP contribution is 2.17. The van der Waals surface area contributed by atoms with Crippen LogP contribution in [-0.4, -0.2) is 33.4 Å². The molecule has 0 fully saturated rings. The summed E-state index contributed by atoms with van der Waals surface area (Å²) in [5, 5.41) is 3.44. The van der Waals surface area contributed by atoms with Gasteiger partial charge in [-0.15, -0.1) is 0 Å². The van der Waals surface area contributed by atoms with Crippen LogP contribution in [0.1, 0.15) is 70.3 Å². The van der Waals surface area contributed by atoms with Gasteiger partial charge in [0.05, 0.1) is 13.7 Å². The fourth-order valence-corrected chi connectivity index (χ4v) is 3.02. The SMILES string of the molecule is CCCCCCCCCCCOCCNCCc1ccccc1OC. The molecular weight excluding hydrogens is 310 g/mol. The summed E-state index contributed by atoms with van der Waals surface area (Å²) >= 11 is 0. The molecule has 25 heavy (non-hydrogen) atoms. The number of benzene rings is 1. The summed E-state index contributed by atoms with van der Waals surface area (Å²) in [5.74, 6) is 0.978. The first-order chi connectivity index (χ1) is 12.4. The lowest BCUT2D eigenvalue weighted by atomic mass is 10.1. The van der Waals surface area contributed by atoms with Crippen LogP contribution in [0.25, 0.3) is 0 Å². The molecule has 0 amide bonds. The fourth-order valence-electron chi connectivity index (χ4n) is 3.02. The molecule has 0 unspecified atom stereocenters.